The van der Waals surface area contributed by atoms with Crippen LogP contribution in [0.4, 0.5) is 0 Å². The number of unbranched alkanes of at least 4 members (excludes halogenated alkanes) is 1. The first-order valence-corrected chi connectivity index (χ1v) is 8.83. The van der Waals surface area contributed by atoms with Gasteiger partial charge in [-0.2, -0.15) is 0 Å². The third kappa shape index (κ3) is 288. The molecule has 0 saturated heterocycles. The Balaban J connectivity index is -0.0000000452. The summed E-state index contributed by atoms with van der Waals surface area (Å²) >= 11 is 0. The molecule has 0 N–H and O–H groups in total. The summed E-state index contributed by atoms with van der Waals surface area (Å²) < 4.78 is 0. The highest BCUT2D eigenvalue weighted by atomic mass is 13.9. The van der Waals surface area contributed by atoms with Crippen molar-refractivity contribution in [2.45, 2.75) is 115 Å². The van der Waals surface area contributed by atoms with Crippen LogP contribution in [0.3, 0.4) is 0 Å². The van der Waals surface area contributed by atoms with Crippen molar-refractivity contribution in [3.05, 3.63) is 0 Å². The van der Waals surface area contributed by atoms with Gasteiger partial charge in [-0.3, -0.25) is 0 Å². The second-order valence-corrected chi connectivity index (χ2v) is 5.62. The molecule has 0 amide bonds. The first-order chi connectivity index (χ1) is 8.83. The van der Waals surface area contributed by atoms with Gasteiger partial charge in [0.2, 0.25) is 0 Å². The van der Waals surface area contributed by atoms with Crippen LogP contribution in [0, 0.1) is 11.8 Å². The maximum Gasteiger partial charge on any atom is -0.0471 e. The van der Waals surface area contributed by atoms with E-state index in [0.29, 0.717) is 0 Å². The minimum atomic E-state index is 0.833. The predicted molar refractivity (Wildman–Crippen MR) is 98.2 cm³/mol. The lowest BCUT2D eigenvalue weighted by Crippen LogP contribution is -1.81. The van der Waals surface area contributed by atoms with Crippen LogP contribution in [0.5, 0.6) is 0 Å². The smallest absolute Gasteiger partial charge is 0.0471 e. The lowest BCUT2D eigenvalue weighted by atomic mass is 10.1. The van der Waals surface area contributed by atoms with Gasteiger partial charge in [0.15, 0.2) is 0 Å². The Hall–Kier alpha value is 0. The summed E-state index contributed by atoms with van der Waals surface area (Å²) in [7, 11) is 0. The summed E-state index contributed by atoms with van der Waals surface area (Å²) in [6, 6.07) is 0. The summed E-state index contributed by atoms with van der Waals surface area (Å²) in [5.41, 5.74) is 0. The van der Waals surface area contributed by atoms with Crippen molar-refractivity contribution in [1.82, 2.24) is 0 Å². The molecule has 0 atom stereocenters. The maximum atomic E-state index is 2.25. The van der Waals surface area contributed by atoms with Crippen LogP contribution < -0.4 is 0 Å². The molecule has 0 aromatic heterocycles. The molecular formula is C19H48. The van der Waals surface area contributed by atoms with Crippen LogP contribution in [-0.4, -0.2) is 0 Å². The van der Waals surface area contributed by atoms with E-state index in [1.54, 1.807) is 0 Å². The standard InChI is InChI=1S/C6H14.2C4H10.C3H8.C2H6/c1-4-5-6(2)3;1-4(2)3;1-3-4-2;1-3-2;1-2/h6H,4-5H2,1-3H3;4H,1-3H3;3-4H2,1-2H3;3H2,1-2H3;1-2H3. The monoisotopic (exact) mass is 276 g/mol. The van der Waals surface area contributed by atoms with Crippen molar-refractivity contribution in [1.29, 1.82) is 0 Å². The summed E-state index contributed by atoms with van der Waals surface area (Å²) in [6.07, 6.45) is 6.59. The maximum absolute atomic E-state index is 2.25. The van der Waals surface area contributed by atoms with Gasteiger partial charge in [0.25, 0.3) is 0 Å². The van der Waals surface area contributed by atoms with E-state index < -0.39 is 0 Å². The van der Waals surface area contributed by atoms with E-state index in [4.69, 9.17) is 0 Å². The molecule has 0 rings (SSSR count). The Bertz CT molecular complexity index is 67.4. The first-order valence-electron chi connectivity index (χ1n) is 8.83. The summed E-state index contributed by atoms with van der Waals surface area (Å²) in [5.74, 6) is 1.73. The molecule has 0 spiro atoms. The zero-order valence-electron chi connectivity index (χ0n) is 16.7. The second-order valence-electron chi connectivity index (χ2n) is 5.62. The van der Waals surface area contributed by atoms with Crippen LogP contribution >= 0.6 is 0 Å². The number of hydrogen-bond acceptors (Lipinski definition) is 0. The molecule has 0 saturated carbocycles. The predicted octanol–water partition coefficient (Wildman–Crippen LogP) is 8.35. The van der Waals surface area contributed by atoms with Crippen molar-refractivity contribution in [2.75, 3.05) is 0 Å². The highest BCUT2D eigenvalue weighted by Crippen LogP contribution is 2.00. The van der Waals surface area contributed by atoms with E-state index in [2.05, 4.69) is 69.2 Å². The van der Waals surface area contributed by atoms with Crippen LogP contribution in [0.2, 0.25) is 0 Å². The van der Waals surface area contributed by atoms with Crippen molar-refractivity contribution in [3.63, 3.8) is 0 Å². The van der Waals surface area contributed by atoms with Crippen molar-refractivity contribution in [3.8, 4) is 0 Å². The molecule has 0 heteroatoms. The van der Waals surface area contributed by atoms with Gasteiger partial charge >= 0.3 is 0 Å². The fourth-order valence-electron chi connectivity index (χ4n) is 0.577. The molecule has 0 unspecified atom stereocenters. The van der Waals surface area contributed by atoms with Crippen LogP contribution in [0.15, 0.2) is 0 Å². The topological polar surface area (TPSA) is 0 Å². The van der Waals surface area contributed by atoms with Gasteiger partial charge in [0, 0.05) is 0 Å². The average molecular weight is 277 g/mol. The van der Waals surface area contributed by atoms with E-state index >= 15 is 0 Å². The van der Waals surface area contributed by atoms with Gasteiger partial charge in [0.1, 0.15) is 0 Å². The third-order valence-corrected chi connectivity index (χ3v) is 1.37. The molecule has 0 bridgehead atoms. The quantitative estimate of drug-likeness (QED) is 0.485. The molecule has 0 fully saturated rings. The zero-order chi connectivity index (χ0) is 16.7. The summed E-state index contributed by atoms with van der Waals surface area (Å²) in [4.78, 5) is 0. The van der Waals surface area contributed by atoms with Gasteiger partial charge < -0.3 is 0 Å². The molecular weight excluding hydrogens is 228 g/mol. The van der Waals surface area contributed by atoms with E-state index in [1.165, 1.54) is 32.1 Å². The lowest BCUT2D eigenvalue weighted by Gasteiger charge is -1.95. The van der Waals surface area contributed by atoms with Gasteiger partial charge in [-0.25, -0.2) is 0 Å². The summed E-state index contributed by atoms with van der Waals surface area (Å²) in [6.45, 7) is 25.8. The second kappa shape index (κ2) is 43.0. The van der Waals surface area contributed by atoms with E-state index in [1.807, 2.05) is 13.8 Å². The molecule has 0 nitrogen and oxygen atoms in total. The van der Waals surface area contributed by atoms with Crippen LogP contribution in [0.25, 0.3) is 0 Å². The molecule has 19 heavy (non-hydrogen) atoms. The van der Waals surface area contributed by atoms with E-state index in [0.717, 1.165) is 11.8 Å². The van der Waals surface area contributed by atoms with Crippen molar-refractivity contribution in [2.24, 2.45) is 11.8 Å². The highest BCUT2D eigenvalue weighted by Gasteiger charge is 1.85. The fourth-order valence-corrected chi connectivity index (χ4v) is 0.577. The minimum absolute atomic E-state index is 0.833. The molecule has 0 aromatic rings. The Morgan fingerprint density at radius 3 is 0.789 bits per heavy atom. The molecule has 0 aliphatic rings. The van der Waals surface area contributed by atoms with Gasteiger partial charge in [0.05, 0.1) is 0 Å². The molecule has 0 radical (unpaired) electrons. The summed E-state index contributed by atoms with van der Waals surface area (Å²) in [5, 5.41) is 0. The van der Waals surface area contributed by atoms with Crippen molar-refractivity contribution >= 4 is 0 Å². The van der Waals surface area contributed by atoms with Gasteiger partial charge in [-0.1, -0.05) is 115 Å². The average Bonchev–Trinajstić information content (AvgIpc) is 2.32. The largest absolute Gasteiger partial charge is 0.0683 e. The Morgan fingerprint density at radius 1 is 0.579 bits per heavy atom. The number of hydrogen-bond donors (Lipinski definition) is 0. The Kier molecular flexibility index (Phi) is 71.1. The van der Waals surface area contributed by atoms with Crippen molar-refractivity contribution < 1.29 is 0 Å². The first kappa shape index (κ1) is 31.4. The molecule has 0 aliphatic heterocycles. The lowest BCUT2D eigenvalue weighted by molar-refractivity contribution is 0.576. The zero-order valence-corrected chi connectivity index (χ0v) is 16.7. The molecule has 0 aliphatic carbocycles. The minimum Gasteiger partial charge on any atom is -0.0683 e. The fraction of sp³-hybridized carbons (Fsp3) is 1.00. The van der Waals surface area contributed by atoms with E-state index in [-0.39, 0.29) is 0 Å². The van der Waals surface area contributed by atoms with Crippen LogP contribution in [0.1, 0.15) is 115 Å². The van der Waals surface area contributed by atoms with E-state index in [9.17, 15) is 0 Å². The molecule has 0 heterocycles. The van der Waals surface area contributed by atoms with Gasteiger partial charge in [-0.05, 0) is 11.8 Å². The van der Waals surface area contributed by atoms with Gasteiger partial charge in [-0.15, -0.1) is 0 Å². The Morgan fingerprint density at radius 2 is 0.789 bits per heavy atom. The van der Waals surface area contributed by atoms with Crippen LogP contribution in [-0.2, 0) is 0 Å². The molecule has 0 aromatic carbocycles. The SMILES string of the molecule is CC.CC(C)C.CCC.CCCC.CCCC(C)C. The third-order valence-electron chi connectivity index (χ3n) is 1.37. The normalized spacial score (nSPS) is 7.89. The number of rotatable bonds is 3. The Labute approximate surface area is 127 Å². The highest BCUT2D eigenvalue weighted by molar-refractivity contribution is 4.38. The molecule has 124 valence electrons.